The molecule has 1 fully saturated rings. The summed E-state index contributed by atoms with van der Waals surface area (Å²) < 4.78 is 5.77. The third kappa shape index (κ3) is 4.18. The van der Waals surface area contributed by atoms with Crippen LogP contribution in [0, 0.1) is 24.0 Å². The smallest absolute Gasteiger partial charge is 0.270 e. The first kappa shape index (κ1) is 19.7. The number of aliphatic imine (C=N–C) groups is 1. The molecule has 0 unspecified atom stereocenters. The fourth-order valence-electron chi connectivity index (χ4n) is 3.01. The Balaban J connectivity index is 1.56. The highest BCUT2D eigenvalue weighted by atomic mass is 32.2. The number of hydrogen-bond donors (Lipinski definition) is 1. The van der Waals surface area contributed by atoms with Gasteiger partial charge in [-0.2, -0.15) is 0 Å². The van der Waals surface area contributed by atoms with Gasteiger partial charge < -0.3 is 9.73 Å². The van der Waals surface area contributed by atoms with Crippen molar-refractivity contribution in [1.29, 1.82) is 0 Å². The van der Waals surface area contributed by atoms with Crippen molar-refractivity contribution >= 4 is 40.3 Å². The van der Waals surface area contributed by atoms with Crippen molar-refractivity contribution < 1.29 is 14.1 Å². The maximum Gasteiger partial charge on any atom is 0.270 e. The number of furan rings is 1. The number of amides is 1. The molecule has 1 aromatic heterocycles. The number of non-ortho nitro benzene ring substituents is 1. The first-order valence-corrected chi connectivity index (χ1v) is 9.92. The predicted octanol–water partition coefficient (Wildman–Crippen LogP) is 5.36. The van der Waals surface area contributed by atoms with Gasteiger partial charge in [0.25, 0.3) is 11.6 Å². The summed E-state index contributed by atoms with van der Waals surface area (Å²) in [6.07, 6.45) is 1.63. The number of carbonyl (C=O) groups excluding carboxylic acids is 1. The van der Waals surface area contributed by atoms with Crippen LogP contribution in [0.3, 0.4) is 0 Å². The van der Waals surface area contributed by atoms with E-state index in [9.17, 15) is 14.9 Å². The number of nitro groups is 1. The standard InChI is InChI=1S/C22H17N3O4S/c1-13-6-8-18(14(2)10-13)23-22-24-21(26)20(30-22)12-17-7-9-19(29-17)15-4-3-5-16(11-15)25(27)28/h3-12H,1-2H3,(H,23,24,26)/b20-12+. The summed E-state index contributed by atoms with van der Waals surface area (Å²) in [6.45, 7) is 3.99. The molecule has 3 aromatic rings. The molecule has 0 bridgehead atoms. The van der Waals surface area contributed by atoms with E-state index < -0.39 is 4.92 Å². The number of nitrogens with one attached hydrogen (secondary N) is 1. The largest absolute Gasteiger partial charge is 0.457 e. The van der Waals surface area contributed by atoms with Crippen LogP contribution in [-0.4, -0.2) is 16.0 Å². The van der Waals surface area contributed by atoms with Crippen LogP contribution in [0.25, 0.3) is 17.4 Å². The Morgan fingerprint density at radius 1 is 1.13 bits per heavy atom. The van der Waals surface area contributed by atoms with Crippen LogP contribution < -0.4 is 5.32 Å². The van der Waals surface area contributed by atoms with Gasteiger partial charge in [-0.05, 0) is 49.4 Å². The lowest BCUT2D eigenvalue weighted by atomic mass is 10.1. The maximum absolute atomic E-state index is 12.3. The Morgan fingerprint density at radius 3 is 2.73 bits per heavy atom. The number of nitrogens with zero attached hydrogens (tertiary/aromatic N) is 2. The van der Waals surface area contributed by atoms with Crippen LogP contribution in [0.2, 0.25) is 0 Å². The molecule has 4 rings (SSSR count). The van der Waals surface area contributed by atoms with Gasteiger partial charge >= 0.3 is 0 Å². The zero-order valence-corrected chi connectivity index (χ0v) is 17.0. The van der Waals surface area contributed by atoms with Gasteiger partial charge in [0.2, 0.25) is 0 Å². The van der Waals surface area contributed by atoms with E-state index in [1.807, 2.05) is 32.0 Å². The topological polar surface area (TPSA) is 97.7 Å². The van der Waals surface area contributed by atoms with E-state index >= 15 is 0 Å². The van der Waals surface area contributed by atoms with Crippen molar-refractivity contribution in [1.82, 2.24) is 5.32 Å². The molecule has 8 heteroatoms. The van der Waals surface area contributed by atoms with Crippen molar-refractivity contribution in [2.45, 2.75) is 13.8 Å². The van der Waals surface area contributed by atoms with Crippen molar-refractivity contribution in [3.63, 3.8) is 0 Å². The van der Waals surface area contributed by atoms with Gasteiger partial charge in [0.15, 0.2) is 5.17 Å². The highest BCUT2D eigenvalue weighted by Crippen LogP contribution is 2.31. The third-order valence-corrected chi connectivity index (χ3v) is 5.38. The Kier molecular flexibility index (Phi) is 5.24. The zero-order valence-electron chi connectivity index (χ0n) is 16.2. The molecule has 0 saturated carbocycles. The molecule has 2 aromatic carbocycles. The highest BCUT2D eigenvalue weighted by Gasteiger charge is 2.24. The van der Waals surface area contributed by atoms with E-state index in [1.54, 1.807) is 30.3 Å². The fraction of sp³-hybridized carbons (Fsp3) is 0.0909. The van der Waals surface area contributed by atoms with Gasteiger partial charge in [-0.15, -0.1) is 0 Å². The number of hydrogen-bond acceptors (Lipinski definition) is 6. The summed E-state index contributed by atoms with van der Waals surface area (Å²) in [5.41, 5.74) is 3.56. The number of nitro benzene ring substituents is 1. The molecule has 7 nitrogen and oxygen atoms in total. The number of aryl methyl sites for hydroxylation is 2. The highest BCUT2D eigenvalue weighted by molar-refractivity contribution is 8.18. The van der Waals surface area contributed by atoms with Crippen LogP contribution in [0.5, 0.6) is 0 Å². The molecule has 1 aliphatic rings. The van der Waals surface area contributed by atoms with Crippen molar-refractivity contribution in [2.75, 3.05) is 0 Å². The zero-order chi connectivity index (χ0) is 21.3. The summed E-state index contributed by atoms with van der Waals surface area (Å²) in [5, 5.41) is 14.2. The van der Waals surface area contributed by atoms with E-state index in [0.717, 1.165) is 16.8 Å². The van der Waals surface area contributed by atoms with Crippen molar-refractivity contribution in [2.24, 2.45) is 4.99 Å². The van der Waals surface area contributed by atoms with Crippen LogP contribution in [0.1, 0.15) is 16.9 Å². The average Bonchev–Trinajstić information content (AvgIpc) is 3.31. The number of amidine groups is 1. The fourth-order valence-corrected chi connectivity index (χ4v) is 3.82. The van der Waals surface area contributed by atoms with E-state index in [0.29, 0.717) is 27.2 Å². The third-order valence-electron chi connectivity index (χ3n) is 4.47. The SMILES string of the molecule is Cc1ccc(N=C2NC(=O)/C(=C\c3ccc(-c4cccc([N+](=O)[O-])c4)o3)S2)c(C)c1. The molecule has 30 heavy (non-hydrogen) atoms. The van der Waals surface area contributed by atoms with Crippen LogP contribution in [0.15, 0.2) is 68.9 Å². The Hall–Kier alpha value is -3.65. The second kappa shape index (κ2) is 8.00. The Labute approximate surface area is 176 Å². The van der Waals surface area contributed by atoms with Gasteiger partial charge in [-0.1, -0.05) is 29.8 Å². The first-order chi connectivity index (χ1) is 14.4. The summed E-state index contributed by atoms with van der Waals surface area (Å²) in [6, 6.07) is 15.6. The number of rotatable bonds is 4. The van der Waals surface area contributed by atoms with Crippen LogP contribution in [0.4, 0.5) is 11.4 Å². The monoisotopic (exact) mass is 419 g/mol. The normalized spacial score (nSPS) is 16.3. The quantitative estimate of drug-likeness (QED) is 0.349. The second-order valence-electron chi connectivity index (χ2n) is 6.78. The first-order valence-electron chi connectivity index (χ1n) is 9.10. The molecule has 1 aliphatic heterocycles. The van der Waals surface area contributed by atoms with Crippen molar-refractivity contribution in [3.05, 3.63) is 86.5 Å². The molecule has 1 amide bonds. The van der Waals surface area contributed by atoms with Gasteiger partial charge in [0, 0.05) is 23.8 Å². The van der Waals surface area contributed by atoms with Gasteiger partial charge in [-0.3, -0.25) is 14.9 Å². The lowest BCUT2D eigenvalue weighted by Crippen LogP contribution is -2.19. The molecule has 0 radical (unpaired) electrons. The van der Waals surface area contributed by atoms with E-state index in [4.69, 9.17) is 4.42 Å². The molecule has 1 N–H and O–H groups in total. The van der Waals surface area contributed by atoms with E-state index in [2.05, 4.69) is 10.3 Å². The molecular weight excluding hydrogens is 402 g/mol. The molecule has 2 heterocycles. The number of carbonyl (C=O) groups is 1. The minimum Gasteiger partial charge on any atom is -0.457 e. The Bertz CT molecular complexity index is 1230. The van der Waals surface area contributed by atoms with Crippen LogP contribution >= 0.6 is 11.8 Å². The summed E-state index contributed by atoms with van der Waals surface area (Å²) >= 11 is 1.23. The predicted molar refractivity (Wildman–Crippen MR) is 118 cm³/mol. The minimum absolute atomic E-state index is 0.0122. The van der Waals surface area contributed by atoms with Crippen LogP contribution in [-0.2, 0) is 4.79 Å². The number of thioether (sulfide) groups is 1. The van der Waals surface area contributed by atoms with Gasteiger partial charge in [-0.25, -0.2) is 4.99 Å². The maximum atomic E-state index is 12.3. The lowest BCUT2D eigenvalue weighted by molar-refractivity contribution is -0.384. The summed E-state index contributed by atoms with van der Waals surface area (Å²) in [5.74, 6) is 0.705. The second-order valence-corrected chi connectivity index (χ2v) is 7.81. The Morgan fingerprint density at radius 2 is 1.97 bits per heavy atom. The summed E-state index contributed by atoms with van der Waals surface area (Å²) in [4.78, 5) is 27.8. The minimum atomic E-state index is -0.453. The lowest BCUT2D eigenvalue weighted by Gasteiger charge is -2.02. The summed E-state index contributed by atoms with van der Waals surface area (Å²) in [7, 11) is 0. The molecule has 1 saturated heterocycles. The van der Waals surface area contributed by atoms with Gasteiger partial charge in [0.1, 0.15) is 11.5 Å². The van der Waals surface area contributed by atoms with E-state index in [1.165, 1.54) is 23.9 Å². The number of benzene rings is 2. The molecule has 0 atom stereocenters. The van der Waals surface area contributed by atoms with Gasteiger partial charge in [0.05, 0.1) is 15.5 Å². The molecule has 0 aliphatic carbocycles. The van der Waals surface area contributed by atoms with E-state index in [-0.39, 0.29) is 11.6 Å². The molecule has 0 spiro atoms. The van der Waals surface area contributed by atoms with Crippen molar-refractivity contribution in [3.8, 4) is 11.3 Å². The molecular formula is C22H17N3O4S. The average molecular weight is 419 g/mol. The molecule has 150 valence electrons.